The number of imide groups is 1. The molecule has 0 spiro atoms. The SMILES string of the molecule is Cn1cc(-c2ccc3c(c2)CN([C@@H]2CCC(=O)NC2=O)C3=O)nc1-c1ccc(C(F)(F)F)cc1. The van der Waals surface area contributed by atoms with Crippen molar-refractivity contribution in [1.82, 2.24) is 19.8 Å². The third-order valence-corrected chi connectivity index (χ3v) is 6.17. The van der Waals surface area contributed by atoms with Crippen LogP contribution in [0.1, 0.15) is 34.3 Å². The molecule has 10 heteroatoms. The first-order chi connectivity index (χ1) is 16.1. The van der Waals surface area contributed by atoms with E-state index in [-0.39, 0.29) is 31.2 Å². The van der Waals surface area contributed by atoms with Gasteiger partial charge in [-0.3, -0.25) is 19.7 Å². The van der Waals surface area contributed by atoms with Gasteiger partial charge in [0, 0.05) is 42.9 Å². The summed E-state index contributed by atoms with van der Waals surface area (Å²) in [5.74, 6) is -0.566. The van der Waals surface area contributed by atoms with Crippen molar-refractivity contribution in [2.24, 2.45) is 7.05 Å². The van der Waals surface area contributed by atoms with E-state index in [0.717, 1.165) is 23.3 Å². The third kappa shape index (κ3) is 3.74. The normalized spacial score (nSPS) is 18.3. The lowest BCUT2D eigenvalue weighted by Gasteiger charge is -2.29. The number of amides is 3. The standard InChI is InChI=1S/C24H19F3N4O3/c1-30-12-18(28-21(30)13-2-5-16(6-3-13)24(25,26)27)14-4-7-17-15(10-14)11-31(23(17)34)19-8-9-20(32)29-22(19)33/h2-7,10,12,19H,8-9,11H2,1H3,(H,29,32,33)/t19-/m1/s1. The van der Waals surface area contributed by atoms with E-state index in [1.54, 1.807) is 29.9 Å². The summed E-state index contributed by atoms with van der Waals surface area (Å²) in [5, 5.41) is 2.28. The molecule has 1 fully saturated rings. The van der Waals surface area contributed by atoms with Gasteiger partial charge in [-0.25, -0.2) is 4.98 Å². The van der Waals surface area contributed by atoms with E-state index in [1.807, 2.05) is 6.07 Å². The molecule has 34 heavy (non-hydrogen) atoms. The lowest BCUT2D eigenvalue weighted by Crippen LogP contribution is -2.52. The van der Waals surface area contributed by atoms with Crippen molar-refractivity contribution < 1.29 is 27.6 Å². The molecule has 3 amide bonds. The second-order valence-electron chi connectivity index (χ2n) is 8.41. The van der Waals surface area contributed by atoms with Gasteiger partial charge in [-0.05, 0) is 36.2 Å². The van der Waals surface area contributed by atoms with Crippen LogP contribution in [0.25, 0.3) is 22.6 Å². The van der Waals surface area contributed by atoms with Crippen LogP contribution in [0.5, 0.6) is 0 Å². The Kier molecular flexibility index (Phi) is 5.03. The number of hydrogen-bond acceptors (Lipinski definition) is 4. The Balaban J connectivity index is 1.41. The fraction of sp³-hybridized carbons (Fsp3) is 0.250. The molecule has 3 heterocycles. The van der Waals surface area contributed by atoms with Crippen LogP contribution in [0.15, 0.2) is 48.7 Å². The molecular formula is C24H19F3N4O3. The van der Waals surface area contributed by atoms with Crippen molar-refractivity contribution in [3.8, 4) is 22.6 Å². The van der Waals surface area contributed by atoms with Gasteiger partial charge in [0.05, 0.1) is 11.3 Å². The largest absolute Gasteiger partial charge is 0.416 e. The number of aryl methyl sites for hydroxylation is 1. The van der Waals surface area contributed by atoms with Crippen LogP contribution in [-0.2, 0) is 29.4 Å². The summed E-state index contributed by atoms with van der Waals surface area (Å²) < 4.78 is 40.3. The highest BCUT2D eigenvalue weighted by molar-refractivity contribution is 6.05. The molecule has 1 atom stereocenters. The summed E-state index contributed by atoms with van der Waals surface area (Å²) in [4.78, 5) is 42.6. The average molecular weight is 468 g/mol. The monoisotopic (exact) mass is 468 g/mol. The first kappa shape index (κ1) is 21.9. The molecule has 2 aliphatic rings. The number of carbonyl (C=O) groups is 3. The van der Waals surface area contributed by atoms with E-state index < -0.39 is 23.7 Å². The number of imidazole rings is 1. The maximum absolute atomic E-state index is 12.9. The van der Waals surface area contributed by atoms with Gasteiger partial charge in [-0.2, -0.15) is 13.2 Å². The predicted molar refractivity (Wildman–Crippen MR) is 115 cm³/mol. The molecule has 0 saturated carbocycles. The minimum absolute atomic E-state index is 0.183. The summed E-state index contributed by atoms with van der Waals surface area (Å²) in [6.07, 6.45) is -2.17. The molecule has 0 radical (unpaired) electrons. The first-order valence-corrected chi connectivity index (χ1v) is 10.6. The molecule has 1 aromatic heterocycles. The Morgan fingerprint density at radius 2 is 1.74 bits per heavy atom. The Labute approximate surface area is 192 Å². The third-order valence-electron chi connectivity index (χ3n) is 6.17. The average Bonchev–Trinajstić information content (AvgIpc) is 3.33. The molecule has 5 rings (SSSR count). The van der Waals surface area contributed by atoms with Crippen molar-refractivity contribution in [2.75, 3.05) is 0 Å². The number of halogens is 3. The topological polar surface area (TPSA) is 84.3 Å². The highest BCUT2D eigenvalue weighted by Crippen LogP contribution is 2.33. The van der Waals surface area contributed by atoms with Crippen LogP contribution >= 0.6 is 0 Å². The zero-order valence-electron chi connectivity index (χ0n) is 18.0. The minimum Gasteiger partial charge on any atom is -0.333 e. The fourth-order valence-corrected chi connectivity index (χ4v) is 4.42. The Morgan fingerprint density at radius 3 is 2.41 bits per heavy atom. The molecule has 0 aliphatic carbocycles. The van der Waals surface area contributed by atoms with Crippen LogP contribution in [0.3, 0.4) is 0 Å². The van der Waals surface area contributed by atoms with Crippen LogP contribution in [0.2, 0.25) is 0 Å². The number of carbonyl (C=O) groups excluding carboxylic acids is 3. The van der Waals surface area contributed by atoms with Gasteiger partial charge in [-0.15, -0.1) is 0 Å². The molecule has 0 bridgehead atoms. The highest BCUT2D eigenvalue weighted by atomic mass is 19.4. The van der Waals surface area contributed by atoms with E-state index >= 15 is 0 Å². The smallest absolute Gasteiger partial charge is 0.333 e. The van der Waals surface area contributed by atoms with Crippen molar-refractivity contribution >= 4 is 17.7 Å². The minimum atomic E-state index is -4.41. The lowest BCUT2D eigenvalue weighted by molar-refractivity contribution is -0.138. The van der Waals surface area contributed by atoms with E-state index in [2.05, 4.69) is 10.3 Å². The number of benzene rings is 2. The number of piperidine rings is 1. The van der Waals surface area contributed by atoms with E-state index in [4.69, 9.17) is 0 Å². The van der Waals surface area contributed by atoms with Gasteiger partial charge >= 0.3 is 6.18 Å². The van der Waals surface area contributed by atoms with Crippen LogP contribution in [0, 0.1) is 0 Å². The molecule has 2 aliphatic heterocycles. The van der Waals surface area contributed by atoms with E-state index in [0.29, 0.717) is 22.6 Å². The second-order valence-corrected chi connectivity index (χ2v) is 8.41. The lowest BCUT2D eigenvalue weighted by atomic mass is 10.0. The van der Waals surface area contributed by atoms with Gasteiger partial charge in [0.2, 0.25) is 11.8 Å². The zero-order chi connectivity index (χ0) is 24.2. The van der Waals surface area contributed by atoms with Gasteiger partial charge < -0.3 is 9.47 Å². The maximum Gasteiger partial charge on any atom is 0.416 e. The summed E-state index contributed by atoms with van der Waals surface area (Å²) in [7, 11) is 1.76. The van der Waals surface area contributed by atoms with Crippen molar-refractivity contribution in [3.63, 3.8) is 0 Å². The quantitative estimate of drug-likeness (QED) is 0.596. The number of fused-ring (bicyclic) bond motifs is 1. The summed E-state index contributed by atoms with van der Waals surface area (Å²) in [5.41, 5.74) is 2.40. The Morgan fingerprint density at radius 1 is 1.03 bits per heavy atom. The summed E-state index contributed by atoms with van der Waals surface area (Å²) in [6, 6.07) is 9.39. The van der Waals surface area contributed by atoms with Gasteiger partial charge in [-0.1, -0.05) is 18.2 Å². The van der Waals surface area contributed by atoms with Crippen LogP contribution in [0.4, 0.5) is 13.2 Å². The molecule has 2 aromatic carbocycles. The molecular weight excluding hydrogens is 449 g/mol. The molecule has 1 N–H and O–H groups in total. The van der Waals surface area contributed by atoms with E-state index in [1.165, 1.54) is 17.0 Å². The van der Waals surface area contributed by atoms with Gasteiger partial charge in [0.15, 0.2) is 0 Å². The summed E-state index contributed by atoms with van der Waals surface area (Å²) in [6.45, 7) is 0.243. The fourth-order valence-electron chi connectivity index (χ4n) is 4.42. The Bertz CT molecular complexity index is 1330. The van der Waals surface area contributed by atoms with Gasteiger partial charge in [0.1, 0.15) is 11.9 Å². The summed E-state index contributed by atoms with van der Waals surface area (Å²) >= 11 is 0. The second kappa shape index (κ2) is 7.82. The molecule has 0 unspecified atom stereocenters. The molecule has 174 valence electrons. The predicted octanol–water partition coefficient (Wildman–Crippen LogP) is 3.53. The van der Waals surface area contributed by atoms with Gasteiger partial charge in [0.25, 0.3) is 5.91 Å². The van der Waals surface area contributed by atoms with Crippen molar-refractivity contribution in [1.29, 1.82) is 0 Å². The highest BCUT2D eigenvalue weighted by Gasteiger charge is 2.39. The number of alkyl halides is 3. The molecule has 1 saturated heterocycles. The van der Waals surface area contributed by atoms with Crippen LogP contribution in [-0.4, -0.2) is 38.2 Å². The van der Waals surface area contributed by atoms with E-state index in [9.17, 15) is 27.6 Å². The van der Waals surface area contributed by atoms with Crippen molar-refractivity contribution in [3.05, 3.63) is 65.4 Å². The Hall–Kier alpha value is -3.95. The van der Waals surface area contributed by atoms with Crippen molar-refractivity contribution in [2.45, 2.75) is 31.6 Å². The first-order valence-electron chi connectivity index (χ1n) is 10.6. The number of nitrogens with zero attached hydrogens (tertiary/aromatic N) is 3. The van der Waals surface area contributed by atoms with Crippen LogP contribution < -0.4 is 5.32 Å². The number of nitrogens with one attached hydrogen (secondary N) is 1. The molecule has 7 nitrogen and oxygen atoms in total. The maximum atomic E-state index is 12.9. The number of rotatable bonds is 3. The number of hydrogen-bond donors (Lipinski definition) is 1. The molecule has 3 aromatic rings. The zero-order valence-corrected chi connectivity index (χ0v) is 18.0. The number of aromatic nitrogens is 2.